The number of rotatable bonds is 8. The van der Waals surface area contributed by atoms with Crippen molar-refractivity contribution in [2.45, 2.75) is 30.9 Å². The summed E-state index contributed by atoms with van der Waals surface area (Å²) >= 11 is 1.60. The zero-order chi connectivity index (χ0) is 15.3. The van der Waals surface area contributed by atoms with Crippen molar-refractivity contribution in [1.82, 2.24) is 9.97 Å². The van der Waals surface area contributed by atoms with Gasteiger partial charge < -0.3 is 14.9 Å². The minimum absolute atomic E-state index is 0.0560. The lowest BCUT2D eigenvalue weighted by Crippen LogP contribution is -2.14. The first-order chi connectivity index (χ1) is 10.1. The van der Waals surface area contributed by atoms with Gasteiger partial charge in [0.2, 0.25) is 0 Å². The topological polar surface area (TPSA) is 99.4 Å². The molecule has 3 N–H and O–H groups in total. The summed E-state index contributed by atoms with van der Waals surface area (Å²) in [6.45, 7) is 0.330. The van der Waals surface area contributed by atoms with Gasteiger partial charge in [0, 0.05) is 18.9 Å². The molecule has 0 spiro atoms. The number of nitrogens with zero attached hydrogens (tertiary/aromatic N) is 2. The Labute approximate surface area is 128 Å². The average molecular weight is 312 g/mol. The van der Waals surface area contributed by atoms with E-state index in [0.717, 1.165) is 23.6 Å². The first-order valence-corrected chi connectivity index (χ1v) is 7.62. The third-order valence-electron chi connectivity index (χ3n) is 3.40. The first-order valence-electron chi connectivity index (χ1n) is 6.64. The number of nitrogens with one attached hydrogen (secondary N) is 1. The monoisotopic (exact) mass is 312 g/mol. The van der Waals surface area contributed by atoms with Crippen molar-refractivity contribution in [2.75, 3.05) is 25.4 Å². The predicted octanol–water partition coefficient (Wildman–Crippen LogP) is 1.34. The Hall–Kier alpha value is -1.38. The van der Waals surface area contributed by atoms with Crippen molar-refractivity contribution in [3.63, 3.8) is 0 Å². The van der Waals surface area contributed by atoms with Gasteiger partial charge in [-0.3, -0.25) is 4.79 Å². The highest BCUT2D eigenvalue weighted by atomic mass is 32.2. The number of carbonyl (C=O) groups is 1. The molecular formula is C13H20N4O3S. The molecule has 116 valence electrons. The number of anilines is 1. The van der Waals surface area contributed by atoms with Crippen LogP contribution >= 0.6 is 11.8 Å². The second-order valence-corrected chi connectivity index (χ2v) is 6.12. The molecule has 1 aromatic heterocycles. The Morgan fingerprint density at radius 3 is 2.81 bits per heavy atom. The minimum atomic E-state index is -0.153. The van der Waals surface area contributed by atoms with E-state index in [1.807, 2.05) is 0 Å². The van der Waals surface area contributed by atoms with Crippen molar-refractivity contribution in [3.8, 4) is 0 Å². The van der Waals surface area contributed by atoms with Crippen LogP contribution in [0, 0.1) is 5.41 Å². The number of thioether (sulfide) groups is 1. The van der Waals surface area contributed by atoms with Crippen molar-refractivity contribution in [1.29, 1.82) is 0 Å². The van der Waals surface area contributed by atoms with E-state index in [1.165, 1.54) is 7.11 Å². The van der Waals surface area contributed by atoms with Gasteiger partial charge in [0.15, 0.2) is 5.82 Å². The maximum absolute atomic E-state index is 11.4. The van der Waals surface area contributed by atoms with Crippen LogP contribution in [-0.2, 0) is 20.9 Å². The van der Waals surface area contributed by atoms with Crippen LogP contribution in [0.1, 0.15) is 25.1 Å². The van der Waals surface area contributed by atoms with Gasteiger partial charge in [-0.05, 0) is 18.3 Å². The van der Waals surface area contributed by atoms with Crippen molar-refractivity contribution >= 4 is 23.5 Å². The molecule has 7 nitrogen and oxygen atoms in total. The third kappa shape index (κ3) is 4.55. The lowest BCUT2D eigenvalue weighted by Gasteiger charge is -2.13. The average Bonchev–Trinajstić information content (AvgIpc) is 3.25. The molecular weight excluding hydrogens is 292 g/mol. The van der Waals surface area contributed by atoms with Crippen LogP contribution < -0.4 is 11.3 Å². The number of carbonyl (C=O) groups excluding carboxylic acids is 1. The summed E-state index contributed by atoms with van der Waals surface area (Å²) < 4.78 is 9.79. The molecule has 0 aromatic carbocycles. The summed E-state index contributed by atoms with van der Waals surface area (Å²) in [5.74, 6) is 7.22. The third-order valence-corrected chi connectivity index (χ3v) is 4.66. The van der Waals surface area contributed by atoms with Crippen molar-refractivity contribution in [2.24, 2.45) is 11.3 Å². The first kappa shape index (κ1) is 16.0. The van der Waals surface area contributed by atoms with E-state index in [1.54, 1.807) is 24.9 Å². The molecule has 0 radical (unpaired) electrons. The van der Waals surface area contributed by atoms with E-state index >= 15 is 0 Å². The highest BCUT2D eigenvalue weighted by molar-refractivity contribution is 7.99. The number of hydrazine groups is 1. The predicted molar refractivity (Wildman–Crippen MR) is 79.6 cm³/mol. The maximum Gasteiger partial charge on any atom is 0.306 e. The Bertz CT molecular complexity index is 508. The van der Waals surface area contributed by atoms with E-state index in [-0.39, 0.29) is 11.4 Å². The van der Waals surface area contributed by atoms with Crippen LogP contribution in [0.4, 0.5) is 5.82 Å². The van der Waals surface area contributed by atoms with Crippen LogP contribution in [0.5, 0.6) is 0 Å². The van der Waals surface area contributed by atoms with E-state index in [4.69, 9.17) is 15.3 Å². The SMILES string of the molecule is COCc1nc(NN)cc(SCC2(CC(=O)OC)CC2)n1. The minimum Gasteiger partial charge on any atom is -0.469 e. The number of aromatic nitrogens is 2. The van der Waals surface area contributed by atoms with E-state index in [2.05, 4.69) is 15.4 Å². The Kier molecular flexibility index (Phi) is 5.38. The molecule has 0 amide bonds. The Balaban J connectivity index is 1.99. The Morgan fingerprint density at radius 1 is 1.48 bits per heavy atom. The number of esters is 1. The molecule has 1 aliphatic rings. The van der Waals surface area contributed by atoms with Crippen LogP contribution in [0.15, 0.2) is 11.1 Å². The van der Waals surface area contributed by atoms with Gasteiger partial charge in [0.05, 0.1) is 13.5 Å². The molecule has 1 aliphatic carbocycles. The quantitative estimate of drug-likeness (QED) is 0.244. The molecule has 21 heavy (non-hydrogen) atoms. The van der Waals surface area contributed by atoms with Gasteiger partial charge in [0.1, 0.15) is 17.5 Å². The van der Waals surface area contributed by atoms with Gasteiger partial charge in [-0.2, -0.15) is 0 Å². The molecule has 0 atom stereocenters. The number of hydrogen-bond donors (Lipinski definition) is 2. The lowest BCUT2D eigenvalue weighted by atomic mass is 10.1. The highest BCUT2D eigenvalue weighted by Crippen LogP contribution is 2.52. The van der Waals surface area contributed by atoms with Crippen LogP contribution in [0.3, 0.4) is 0 Å². The zero-order valence-electron chi connectivity index (χ0n) is 12.2. The summed E-state index contributed by atoms with van der Waals surface area (Å²) in [6.07, 6.45) is 2.56. The fourth-order valence-corrected chi connectivity index (χ4v) is 3.18. The fourth-order valence-electron chi connectivity index (χ4n) is 1.97. The van der Waals surface area contributed by atoms with Gasteiger partial charge in [-0.25, -0.2) is 15.8 Å². The summed E-state index contributed by atoms with van der Waals surface area (Å²) in [7, 11) is 3.01. The fraction of sp³-hybridized carbons (Fsp3) is 0.615. The summed E-state index contributed by atoms with van der Waals surface area (Å²) in [5.41, 5.74) is 2.58. The van der Waals surface area contributed by atoms with E-state index in [0.29, 0.717) is 24.7 Å². The van der Waals surface area contributed by atoms with Crippen LogP contribution in [-0.4, -0.2) is 35.9 Å². The smallest absolute Gasteiger partial charge is 0.306 e. The van der Waals surface area contributed by atoms with Gasteiger partial charge >= 0.3 is 5.97 Å². The summed E-state index contributed by atoms with van der Waals surface area (Å²) in [4.78, 5) is 20.0. The van der Waals surface area contributed by atoms with E-state index < -0.39 is 0 Å². The second-order valence-electron chi connectivity index (χ2n) is 5.13. The van der Waals surface area contributed by atoms with Crippen LogP contribution in [0.25, 0.3) is 0 Å². The van der Waals surface area contributed by atoms with Gasteiger partial charge in [-0.1, -0.05) is 0 Å². The largest absolute Gasteiger partial charge is 0.469 e. The number of nitrogen functional groups attached to an aromatic ring is 1. The van der Waals surface area contributed by atoms with Crippen molar-refractivity contribution in [3.05, 3.63) is 11.9 Å². The summed E-state index contributed by atoms with van der Waals surface area (Å²) in [6, 6.07) is 1.79. The zero-order valence-corrected chi connectivity index (χ0v) is 13.0. The van der Waals surface area contributed by atoms with E-state index in [9.17, 15) is 4.79 Å². The lowest BCUT2D eigenvalue weighted by molar-refractivity contribution is -0.141. The van der Waals surface area contributed by atoms with Crippen LogP contribution in [0.2, 0.25) is 0 Å². The molecule has 1 fully saturated rings. The normalized spacial score (nSPS) is 15.6. The molecule has 0 bridgehead atoms. The Morgan fingerprint density at radius 2 is 2.24 bits per heavy atom. The molecule has 1 aromatic rings. The van der Waals surface area contributed by atoms with Gasteiger partial charge in [0.25, 0.3) is 0 Å². The molecule has 1 heterocycles. The molecule has 0 unspecified atom stereocenters. The second kappa shape index (κ2) is 7.06. The number of hydrogen-bond acceptors (Lipinski definition) is 8. The molecule has 2 rings (SSSR count). The molecule has 0 aliphatic heterocycles. The molecule has 1 saturated carbocycles. The summed E-state index contributed by atoms with van der Waals surface area (Å²) in [5, 5.41) is 0.821. The van der Waals surface area contributed by atoms with Crippen molar-refractivity contribution < 1.29 is 14.3 Å². The number of nitrogens with two attached hydrogens (primary N) is 1. The number of ether oxygens (including phenoxy) is 2. The highest BCUT2D eigenvalue weighted by Gasteiger charge is 2.44. The van der Waals surface area contributed by atoms with Gasteiger partial charge in [-0.15, -0.1) is 11.8 Å². The maximum atomic E-state index is 11.4. The molecule has 8 heteroatoms. The molecule has 0 saturated heterocycles. The standard InChI is InChI=1S/C13H20N4O3S/c1-19-7-10-15-9(17-14)5-11(16-10)21-8-13(3-4-13)6-12(18)20-2/h5H,3-4,6-8,14H2,1-2H3,(H,15,16,17). The number of methoxy groups -OCH3 is 2.